The number of carbonyl (C=O) groups is 2. The van der Waals surface area contributed by atoms with Gasteiger partial charge < -0.3 is 11.5 Å². The molecule has 2 aromatic carbocycles. The first-order valence-electron chi connectivity index (χ1n) is 8.19. The molecule has 4 heteroatoms. The highest BCUT2D eigenvalue weighted by molar-refractivity contribution is 5.82. The van der Waals surface area contributed by atoms with Gasteiger partial charge in [-0.2, -0.15) is 0 Å². The molecule has 4 N–H and O–H groups in total. The number of rotatable bonds is 6. The molecule has 0 unspecified atom stereocenters. The van der Waals surface area contributed by atoms with E-state index in [0.717, 1.165) is 24.0 Å². The molecule has 4 nitrogen and oxygen atoms in total. The molecule has 128 valence electrons. The van der Waals surface area contributed by atoms with Crippen molar-refractivity contribution in [3.8, 4) is 0 Å². The van der Waals surface area contributed by atoms with E-state index in [4.69, 9.17) is 11.5 Å². The van der Waals surface area contributed by atoms with Crippen LogP contribution in [-0.2, 0) is 9.59 Å². The molecule has 0 spiro atoms. The Bertz CT molecular complexity index is 569. The van der Waals surface area contributed by atoms with E-state index in [-0.39, 0.29) is 23.7 Å². The average molecular weight is 326 g/mol. The normalized spacial score (nSPS) is 12.4. The number of amides is 2. The average Bonchev–Trinajstić information content (AvgIpc) is 2.58. The molecule has 0 saturated carbocycles. The lowest BCUT2D eigenvalue weighted by Crippen LogP contribution is -2.20. The summed E-state index contributed by atoms with van der Waals surface area (Å²) in [7, 11) is 0. The van der Waals surface area contributed by atoms with Crippen LogP contribution in [0.2, 0.25) is 0 Å². The zero-order chi connectivity index (χ0) is 17.9. The van der Waals surface area contributed by atoms with E-state index in [2.05, 4.69) is 0 Å². The summed E-state index contributed by atoms with van der Waals surface area (Å²) in [4.78, 5) is 21.9. The Morgan fingerprint density at radius 2 is 1.00 bits per heavy atom. The standard InChI is InChI=1S/2C10H13NO/c2*1-2-9(10(11)12)8-6-4-3-5-7-8/h2*3-7,9H,2H2,1H3,(H2,11,12)/t2*9-/m00/s1. The molecule has 0 aliphatic heterocycles. The number of benzene rings is 2. The number of hydrogen-bond donors (Lipinski definition) is 2. The maximum absolute atomic E-state index is 11.0. The third-order valence-electron chi connectivity index (χ3n) is 3.91. The Labute approximate surface area is 143 Å². The van der Waals surface area contributed by atoms with Crippen LogP contribution in [-0.4, -0.2) is 11.8 Å². The quantitative estimate of drug-likeness (QED) is 0.853. The molecule has 0 aliphatic rings. The van der Waals surface area contributed by atoms with E-state index in [0.29, 0.717) is 0 Å². The minimum Gasteiger partial charge on any atom is -0.369 e. The molecular formula is C20H26N2O2. The first-order valence-corrected chi connectivity index (χ1v) is 8.19. The molecule has 24 heavy (non-hydrogen) atoms. The lowest BCUT2D eigenvalue weighted by molar-refractivity contribution is -0.120. The summed E-state index contributed by atoms with van der Waals surface area (Å²) in [5.41, 5.74) is 12.5. The van der Waals surface area contributed by atoms with E-state index in [1.807, 2.05) is 74.5 Å². The van der Waals surface area contributed by atoms with Crippen LogP contribution in [0.1, 0.15) is 49.7 Å². The molecule has 2 aromatic rings. The summed E-state index contributed by atoms with van der Waals surface area (Å²) in [6, 6.07) is 19.2. The second-order valence-electron chi connectivity index (χ2n) is 5.55. The molecule has 2 atom stereocenters. The topological polar surface area (TPSA) is 86.2 Å². The van der Waals surface area contributed by atoms with Crippen LogP contribution in [0.4, 0.5) is 0 Å². The molecule has 0 bridgehead atoms. The maximum Gasteiger partial charge on any atom is 0.224 e. The van der Waals surface area contributed by atoms with Gasteiger partial charge in [-0.1, -0.05) is 74.5 Å². The highest BCUT2D eigenvalue weighted by Crippen LogP contribution is 2.18. The molecule has 0 heterocycles. The Kier molecular flexibility index (Phi) is 8.26. The van der Waals surface area contributed by atoms with E-state index in [1.54, 1.807) is 0 Å². The van der Waals surface area contributed by atoms with Crippen molar-refractivity contribution >= 4 is 11.8 Å². The van der Waals surface area contributed by atoms with Crippen LogP contribution in [0.15, 0.2) is 60.7 Å². The Hall–Kier alpha value is -2.62. The number of carbonyl (C=O) groups excluding carboxylic acids is 2. The second kappa shape index (κ2) is 10.2. The fourth-order valence-corrected chi connectivity index (χ4v) is 2.57. The molecular weight excluding hydrogens is 300 g/mol. The lowest BCUT2D eigenvalue weighted by atomic mass is 9.96. The van der Waals surface area contributed by atoms with Gasteiger partial charge in [0.15, 0.2) is 0 Å². The van der Waals surface area contributed by atoms with Crippen LogP contribution in [0, 0.1) is 0 Å². The zero-order valence-corrected chi connectivity index (χ0v) is 14.3. The van der Waals surface area contributed by atoms with Gasteiger partial charge in [-0.25, -0.2) is 0 Å². The highest BCUT2D eigenvalue weighted by atomic mass is 16.1. The van der Waals surface area contributed by atoms with Crippen molar-refractivity contribution in [2.75, 3.05) is 0 Å². The van der Waals surface area contributed by atoms with E-state index >= 15 is 0 Å². The van der Waals surface area contributed by atoms with Gasteiger partial charge in [0.25, 0.3) is 0 Å². The second-order valence-corrected chi connectivity index (χ2v) is 5.55. The van der Waals surface area contributed by atoms with Gasteiger partial charge in [0.2, 0.25) is 11.8 Å². The van der Waals surface area contributed by atoms with Gasteiger partial charge in [-0.05, 0) is 24.0 Å². The predicted octanol–water partition coefficient (Wildman–Crippen LogP) is 3.33. The summed E-state index contributed by atoms with van der Waals surface area (Å²) in [6.07, 6.45) is 1.53. The smallest absolute Gasteiger partial charge is 0.224 e. The summed E-state index contributed by atoms with van der Waals surface area (Å²) >= 11 is 0. The number of hydrogen-bond acceptors (Lipinski definition) is 2. The minimum absolute atomic E-state index is 0.133. The van der Waals surface area contributed by atoms with Crippen molar-refractivity contribution < 1.29 is 9.59 Å². The third kappa shape index (κ3) is 5.88. The highest BCUT2D eigenvalue weighted by Gasteiger charge is 2.14. The maximum atomic E-state index is 11.0. The van der Waals surface area contributed by atoms with Gasteiger partial charge >= 0.3 is 0 Å². The fourth-order valence-electron chi connectivity index (χ4n) is 2.57. The molecule has 0 saturated heterocycles. The van der Waals surface area contributed by atoms with Crippen molar-refractivity contribution in [2.45, 2.75) is 38.5 Å². The van der Waals surface area contributed by atoms with E-state index in [1.165, 1.54) is 0 Å². The van der Waals surface area contributed by atoms with Gasteiger partial charge in [0.1, 0.15) is 0 Å². The van der Waals surface area contributed by atoms with Gasteiger partial charge in [0, 0.05) is 0 Å². The summed E-state index contributed by atoms with van der Waals surface area (Å²) in [5.74, 6) is -0.759. The van der Waals surface area contributed by atoms with Crippen LogP contribution in [0.5, 0.6) is 0 Å². The molecule has 2 amide bonds. The minimum atomic E-state index is -0.247. The fraction of sp³-hybridized carbons (Fsp3) is 0.300. The largest absolute Gasteiger partial charge is 0.369 e. The summed E-state index contributed by atoms with van der Waals surface area (Å²) in [6.45, 7) is 3.92. The first kappa shape index (κ1) is 19.4. The summed E-state index contributed by atoms with van der Waals surface area (Å²) in [5, 5.41) is 0. The van der Waals surface area contributed by atoms with Crippen molar-refractivity contribution in [1.29, 1.82) is 0 Å². The SMILES string of the molecule is CC[C@H](C(N)=O)c1ccccc1.CC[C@H](C(N)=O)c1ccccc1. The lowest BCUT2D eigenvalue weighted by Gasteiger charge is -2.09. The molecule has 0 aromatic heterocycles. The van der Waals surface area contributed by atoms with E-state index < -0.39 is 0 Å². The van der Waals surface area contributed by atoms with Crippen molar-refractivity contribution in [1.82, 2.24) is 0 Å². The van der Waals surface area contributed by atoms with E-state index in [9.17, 15) is 9.59 Å². The molecule has 0 radical (unpaired) electrons. The zero-order valence-electron chi connectivity index (χ0n) is 14.3. The monoisotopic (exact) mass is 326 g/mol. The third-order valence-corrected chi connectivity index (χ3v) is 3.91. The van der Waals surface area contributed by atoms with Crippen molar-refractivity contribution in [2.24, 2.45) is 11.5 Å². The predicted molar refractivity (Wildman–Crippen MR) is 97.3 cm³/mol. The molecule has 0 aliphatic carbocycles. The molecule has 0 fully saturated rings. The molecule has 2 rings (SSSR count). The van der Waals surface area contributed by atoms with Gasteiger partial charge in [-0.15, -0.1) is 0 Å². The first-order chi connectivity index (χ1) is 11.5. The number of primary amides is 2. The Morgan fingerprint density at radius 3 is 1.21 bits per heavy atom. The van der Waals surface area contributed by atoms with Gasteiger partial charge in [-0.3, -0.25) is 9.59 Å². The van der Waals surface area contributed by atoms with Crippen molar-refractivity contribution in [3.63, 3.8) is 0 Å². The van der Waals surface area contributed by atoms with Crippen LogP contribution in [0.3, 0.4) is 0 Å². The van der Waals surface area contributed by atoms with Gasteiger partial charge in [0.05, 0.1) is 11.8 Å². The Balaban J connectivity index is 0.000000240. The van der Waals surface area contributed by atoms with Crippen LogP contribution < -0.4 is 11.5 Å². The summed E-state index contributed by atoms with van der Waals surface area (Å²) < 4.78 is 0. The van der Waals surface area contributed by atoms with Crippen molar-refractivity contribution in [3.05, 3.63) is 71.8 Å². The number of nitrogens with two attached hydrogens (primary N) is 2. The van der Waals surface area contributed by atoms with Crippen LogP contribution >= 0.6 is 0 Å². The Morgan fingerprint density at radius 1 is 0.708 bits per heavy atom. The van der Waals surface area contributed by atoms with Crippen LogP contribution in [0.25, 0.3) is 0 Å².